The second-order valence-corrected chi connectivity index (χ2v) is 6.98. The Hall–Kier alpha value is -2.57. The Bertz CT molecular complexity index is 694. The molecule has 1 fully saturated rings. The standard InChI is InChI=1S/C20H27NO6/c1-14(22)15-7-8-16(17(12-15)26-2)27-11-5-6-18(23)21-20(13-19(24)25)9-3-4-10-20/h7-8,12H,3-6,9-11,13H2,1-2H3,(H,21,23)(H,24,25). The van der Waals surface area contributed by atoms with E-state index in [1.54, 1.807) is 18.2 Å². The van der Waals surface area contributed by atoms with E-state index < -0.39 is 11.5 Å². The van der Waals surface area contributed by atoms with E-state index in [9.17, 15) is 14.4 Å². The van der Waals surface area contributed by atoms with Crippen LogP contribution in [0.3, 0.4) is 0 Å². The number of aliphatic carboxylic acids is 1. The number of carboxylic acids is 1. The van der Waals surface area contributed by atoms with E-state index in [1.165, 1.54) is 14.0 Å². The molecular weight excluding hydrogens is 350 g/mol. The summed E-state index contributed by atoms with van der Waals surface area (Å²) in [7, 11) is 1.50. The molecule has 0 saturated heterocycles. The van der Waals surface area contributed by atoms with E-state index in [-0.39, 0.29) is 24.5 Å². The third-order valence-corrected chi connectivity index (χ3v) is 4.83. The van der Waals surface area contributed by atoms with Gasteiger partial charge in [-0.3, -0.25) is 14.4 Å². The Morgan fingerprint density at radius 2 is 1.89 bits per heavy atom. The molecule has 1 aromatic carbocycles. The van der Waals surface area contributed by atoms with E-state index in [0.717, 1.165) is 12.8 Å². The van der Waals surface area contributed by atoms with Gasteiger partial charge in [-0.1, -0.05) is 12.8 Å². The monoisotopic (exact) mass is 377 g/mol. The molecule has 0 unspecified atom stereocenters. The minimum Gasteiger partial charge on any atom is -0.493 e. The minimum atomic E-state index is -0.887. The van der Waals surface area contributed by atoms with Crippen LogP contribution in [0.25, 0.3) is 0 Å². The van der Waals surface area contributed by atoms with Crippen molar-refractivity contribution in [1.29, 1.82) is 0 Å². The Labute approximate surface area is 159 Å². The van der Waals surface area contributed by atoms with Crippen molar-refractivity contribution < 1.29 is 29.0 Å². The number of carbonyl (C=O) groups excluding carboxylic acids is 2. The van der Waals surface area contributed by atoms with Crippen molar-refractivity contribution in [3.63, 3.8) is 0 Å². The van der Waals surface area contributed by atoms with Crippen LogP contribution in [0.5, 0.6) is 11.5 Å². The summed E-state index contributed by atoms with van der Waals surface area (Å²) in [6, 6.07) is 4.97. The summed E-state index contributed by atoms with van der Waals surface area (Å²) in [5.74, 6) is -0.111. The lowest BCUT2D eigenvalue weighted by Crippen LogP contribution is -2.47. The molecule has 0 spiro atoms. The maximum Gasteiger partial charge on any atom is 0.305 e. The average molecular weight is 377 g/mol. The van der Waals surface area contributed by atoms with E-state index >= 15 is 0 Å². The molecule has 1 amide bonds. The lowest BCUT2D eigenvalue weighted by Gasteiger charge is -2.28. The number of ketones is 1. The van der Waals surface area contributed by atoms with Crippen molar-refractivity contribution in [2.45, 2.75) is 57.4 Å². The van der Waals surface area contributed by atoms with Gasteiger partial charge in [0.15, 0.2) is 17.3 Å². The van der Waals surface area contributed by atoms with E-state index in [2.05, 4.69) is 5.32 Å². The second-order valence-electron chi connectivity index (χ2n) is 6.98. The highest BCUT2D eigenvalue weighted by atomic mass is 16.5. The molecule has 2 rings (SSSR count). The first-order valence-electron chi connectivity index (χ1n) is 9.20. The Morgan fingerprint density at radius 3 is 2.48 bits per heavy atom. The van der Waals surface area contributed by atoms with Gasteiger partial charge >= 0.3 is 5.97 Å². The predicted molar refractivity (Wildman–Crippen MR) is 99.3 cm³/mol. The number of rotatable bonds is 10. The zero-order chi connectivity index (χ0) is 19.9. The normalized spacial score (nSPS) is 15.2. The molecule has 7 heteroatoms. The van der Waals surface area contributed by atoms with E-state index in [4.69, 9.17) is 14.6 Å². The number of nitrogens with one attached hydrogen (secondary N) is 1. The number of ether oxygens (including phenoxy) is 2. The molecule has 0 radical (unpaired) electrons. The molecule has 0 aliphatic heterocycles. The summed E-state index contributed by atoms with van der Waals surface area (Å²) >= 11 is 0. The zero-order valence-corrected chi connectivity index (χ0v) is 15.9. The largest absolute Gasteiger partial charge is 0.493 e. The molecule has 0 aromatic heterocycles. The van der Waals surface area contributed by atoms with Crippen LogP contribution < -0.4 is 14.8 Å². The molecule has 0 atom stereocenters. The fourth-order valence-corrected chi connectivity index (χ4v) is 3.47. The van der Waals surface area contributed by atoms with Gasteiger partial charge in [0.2, 0.25) is 5.91 Å². The van der Waals surface area contributed by atoms with Crippen molar-refractivity contribution in [3.8, 4) is 11.5 Å². The molecular formula is C20H27NO6. The summed E-state index contributed by atoms with van der Waals surface area (Å²) in [6.45, 7) is 1.80. The summed E-state index contributed by atoms with van der Waals surface area (Å²) in [5, 5.41) is 12.0. The van der Waals surface area contributed by atoms with Crippen LogP contribution >= 0.6 is 0 Å². The quantitative estimate of drug-likeness (QED) is 0.480. The average Bonchev–Trinajstić information content (AvgIpc) is 3.05. The Morgan fingerprint density at radius 1 is 1.19 bits per heavy atom. The molecule has 148 valence electrons. The molecule has 27 heavy (non-hydrogen) atoms. The molecule has 0 heterocycles. The van der Waals surface area contributed by atoms with Crippen molar-refractivity contribution in [1.82, 2.24) is 5.32 Å². The van der Waals surface area contributed by atoms with Gasteiger partial charge in [-0.2, -0.15) is 0 Å². The topological polar surface area (TPSA) is 102 Å². The Balaban J connectivity index is 1.81. The van der Waals surface area contributed by atoms with Gasteiger partial charge in [-0.05, 0) is 44.4 Å². The van der Waals surface area contributed by atoms with Gasteiger partial charge in [0.1, 0.15) is 0 Å². The SMILES string of the molecule is COc1cc(C(C)=O)ccc1OCCCC(=O)NC1(CC(=O)O)CCCC1. The number of hydrogen-bond donors (Lipinski definition) is 2. The van der Waals surface area contributed by atoms with Crippen molar-refractivity contribution >= 4 is 17.7 Å². The highest BCUT2D eigenvalue weighted by Crippen LogP contribution is 2.33. The van der Waals surface area contributed by atoms with Gasteiger partial charge in [-0.25, -0.2) is 0 Å². The number of carbonyl (C=O) groups is 3. The smallest absolute Gasteiger partial charge is 0.305 e. The number of Topliss-reactive ketones (excluding diaryl/α,β-unsaturated/α-hetero) is 1. The van der Waals surface area contributed by atoms with Gasteiger partial charge < -0.3 is 19.9 Å². The number of amides is 1. The Kier molecular flexibility index (Phi) is 7.21. The molecule has 0 bridgehead atoms. The molecule has 1 saturated carbocycles. The number of benzene rings is 1. The fourth-order valence-electron chi connectivity index (χ4n) is 3.47. The first-order valence-corrected chi connectivity index (χ1v) is 9.20. The third kappa shape index (κ3) is 5.98. The number of carboxylic acid groups (broad SMARTS) is 1. The van der Waals surface area contributed by atoms with E-state index in [1.807, 2.05) is 0 Å². The van der Waals surface area contributed by atoms with Crippen molar-refractivity contribution in [3.05, 3.63) is 23.8 Å². The molecule has 1 aliphatic rings. The fraction of sp³-hybridized carbons (Fsp3) is 0.550. The highest BCUT2D eigenvalue weighted by molar-refractivity contribution is 5.94. The highest BCUT2D eigenvalue weighted by Gasteiger charge is 2.37. The summed E-state index contributed by atoms with van der Waals surface area (Å²) in [5.41, 5.74) is -0.0611. The summed E-state index contributed by atoms with van der Waals surface area (Å²) in [4.78, 5) is 34.7. The van der Waals surface area contributed by atoms with Crippen LogP contribution in [0.1, 0.15) is 62.2 Å². The molecule has 1 aromatic rings. The maximum atomic E-state index is 12.2. The van der Waals surface area contributed by atoms with Crippen LogP contribution in [0.2, 0.25) is 0 Å². The number of methoxy groups -OCH3 is 1. The predicted octanol–water partition coefficient (Wildman–Crippen LogP) is 2.96. The van der Waals surface area contributed by atoms with Gasteiger partial charge in [0, 0.05) is 12.0 Å². The van der Waals surface area contributed by atoms with Crippen LogP contribution in [0.4, 0.5) is 0 Å². The van der Waals surface area contributed by atoms with Crippen molar-refractivity contribution in [2.24, 2.45) is 0 Å². The van der Waals surface area contributed by atoms with Crippen LogP contribution in [-0.2, 0) is 9.59 Å². The van der Waals surface area contributed by atoms with Gasteiger partial charge in [0.25, 0.3) is 0 Å². The molecule has 7 nitrogen and oxygen atoms in total. The lowest BCUT2D eigenvalue weighted by atomic mass is 9.93. The zero-order valence-electron chi connectivity index (χ0n) is 15.9. The minimum absolute atomic E-state index is 0.0328. The lowest BCUT2D eigenvalue weighted by molar-refractivity contribution is -0.139. The summed E-state index contributed by atoms with van der Waals surface area (Å²) in [6.07, 6.45) is 4.01. The van der Waals surface area contributed by atoms with Crippen molar-refractivity contribution in [2.75, 3.05) is 13.7 Å². The maximum absolute atomic E-state index is 12.2. The van der Waals surface area contributed by atoms with Crippen LogP contribution in [0.15, 0.2) is 18.2 Å². The summed E-state index contributed by atoms with van der Waals surface area (Å²) < 4.78 is 10.9. The first kappa shape index (κ1) is 20.7. The first-order chi connectivity index (χ1) is 12.8. The van der Waals surface area contributed by atoms with E-state index in [0.29, 0.717) is 42.9 Å². The molecule has 1 aliphatic carbocycles. The van der Waals surface area contributed by atoms with Gasteiger partial charge in [-0.15, -0.1) is 0 Å². The molecule has 2 N–H and O–H groups in total. The number of hydrogen-bond acceptors (Lipinski definition) is 5. The second kappa shape index (κ2) is 9.39. The van der Waals surface area contributed by atoms with Crippen LogP contribution in [0, 0.1) is 0 Å². The van der Waals surface area contributed by atoms with Crippen LogP contribution in [-0.4, -0.2) is 42.0 Å². The third-order valence-electron chi connectivity index (χ3n) is 4.83. The van der Waals surface area contributed by atoms with Gasteiger partial charge in [0.05, 0.1) is 25.7 Å².